The van der Waals surface area contributed by atoms with Gasteiger partial charge in [0.1, 0.15) is 5.76 Å². The Balaban J connectivity index is 2.09. The van der Waals surface area contributed by atoms with Crippen molar-refractivity contribution in [2.45, 2.75) is 33.0 Å². The van der Waals surface area contributed by atoms with Crippen molar-refractivity contribution < 1.29 is 4.42 Å². The van der Waals surface area contributed by atoms with Crippen LogP contribution in [0.2, 0.25) is 0 Å². The average Bonchev–Trinajstić information content (AvgIpc) is 2.89. The maximum absolute atomic E-state index is 5.39. The van der Waals surface area contributed by atoms with Crippen molar-refractivity contribution in [3.63, 3.8) is 0 Å². The monoisotopic (exact) mass is 259 g/mol. The van der Waals surface area contributed by atoms with Crippen LogP contribution in [-0.4, -0.2) is 18.1 Å². The molecule has 0 saturated carbocycles. The van der Waals surface area contributed by atoms with E-state index in [1.807, 2.05) is 24.5 Å². The zero-order valence-corrected chi connectivity index (χ0v) is 11.8. The number of anilines is 1. The first-order valence-electron chi connectivity index (χ1n) is 6.56. The second-order valence-electron chi connectivity index (χ2n) is 4.98. The van der Waals surface area contributed by atoms with E-state index in [-0.39, 0.29) is 0 Å². The number of nitrogens with zero attached hydrogens (tertiary/aromatic N) is 2. The molecule has 0 aliphatic heterocycles. The molecule has 0 fully saturated rings. The van der Waals surface area contributed by atoms with E-state index in [2.05, 4.69) is 42.2 Å². The van der Waals surface area contributed by atoms with Gasteiger partial charge in [-0.25, -0.2) is 0 Å². The Morgan fingerprint density at radius 2 is 2.21 bits per heavy atom. The second kappa shape index (κ2) is 6.38. The minimum atomic E-state index is 0.469. The smallest absolute Gasteiger partial charge is 0.123 e. The third-order valence-electron chi connectivity index (χ3n) is 2.97. The summed E-state index contributed by atoms with van der Waals surface area (Å²) in [5.41, 5.74) is 2.38. The third kappa shape index (κ3) is 3.83. The molecule has 0 aliphatic carbocycles. The van der Waals surface area contributed by atoms with Crippen LogP contribution >= 0.6 is 0 Å². The highest BCUT2D eigenvalue weighted by Gasteiger charge is 2.09. The normalized spacial score (nSPS) is 10.9. The van der Waals surface area contributed by atoms with Gasteiger partial charge in [-0.05, 0) is 23.8 Å². The summed E-state index contributed by atoms with van der Waals surface area (Å²) in [6.07, 6.45) is 5.44. The molecule has 0 spiro atoms. The molecule has 1 N–H and O–H groups in total. The Morgan fingerprint density at radius 1 is 1.37 bits per heavy atom. The molecule has 2 aromatic heterocycles. The summed E-state index contributed by atoms with van der Waals surface area (Å²) in [5, 5.41) is 3.44. The Bertz CT molecular complexity index is 494. The summed E-state index contributed by atoms with van der Waals surface area (Å²) in [7, 11) is 2.05. The van der Waals surface area contributed by atoms with Crippen LogP contribution in [-0.2, 0) is 13.1 Å². The van der Waals surface area contributed by atoms with Crippen molar-refractivity contribution in [3.8, 4) is 0 Å². The molecule has 0 radical (unpaired) electrons. The molecule has 2 aromatic rings. The lowest BCUT2D eigenvalue weighted by atomic mass is 10.2. The maximum atomic E-state index is 5.39. The molecule has 102 valence electrons. The molecule has 4 nitrogen and oxygen atoms in total. The van der Waals surface area contributed by atoms with Crippen LogP contribution in [0.3, 0.4) is 0 Å². The topological polar surface area (TPSA) is 41.3 Å². The van der Waals surface area contributed by atoms with E-state index in [9.17, 15) is 0 Å². The standard InChI is InChI=1S/C15H21N3O/c1-12(2)17-9-13-6-7-16-10-15(13)18(3)11-14-5-4-8-19-14/h4-8,10,12,17H,9,11H2,1-3H3. The molecule has 4 heteroatoms. The minimum absolute atomic E-state index is 0.469. The van der Waals surface area contributed by atoms with Crippen LogP contribution in [0, 0.1) is 0 Å². The summed E-state index contributed by atoms with van der Waals surface area (Å²) in [5.74, 6) is 0.953. The summed E-state index contributed by atoms with van der Waals surface area (Å²) in [4.78, 5) is 6.38. The van der Waals surface area contributed by atoms with E-state index in [4.69, 9.17) is 4.42 Å². The molecule has 0 bridgehead atoms. The molecule has 0 aromatic carbocycles. The maximum Gasteiger partial charge on any atom is 0.123 e. The molecular formula is C15H21N3O. The van der Waals surface area contributed by atoms with Crippen LogP contribution in [0.5, 0.6) is 0 Å². The number of rotatable bonds is 6. The molecule has 19 heavy (non-hydrogen) atoms. The summed E-state index contributed by atoms with van der Waals surface area (Å²) < 4.78 is 5.39. The second-order valence-corrected chi connectivity index (χ2v) is 4.98. The van der Waals surface area contributed by atoms with Crippen molar-refractivity contribution in [2.75, 3.05) is 11.9 Å². The highest BCUT2D eigenvalue weighted by Crippen LogP contribution is 2.20. The fourth-order valence-corrected chi connectivity index (χ4v) is 1.94. The number of hydrogen-bond acceptors (Lipinski definition) is 4. The quantitative estimate of drug-likeness (QED) is 0.866. The first-order valence-corrected chi connectivity index (χ1v) is 6.56. The lowest BCUT2D eigenvalue weighted by Gasteiger charge is -2.21. The molecule has 0 amide bonds. The Hall–Kier alpha value is -1.81. The van der Waals surface area contributed by atoms with Crippen LogP contribution in [0.4, 0.5) is 5.69 Å². The van der Waals surface area contributed by atoms with Gasteiger partial charge in [-0.1, -0.05) is 13.8 Å². The molecule has 2 rings (SSSR count). The first-order chi connectivity index (χ1) is 9.16. The van der Waals surface area contributed by atoms with Crippen molar-refractivity contribution in [1.82, 2.24) is 10.3 Å². The van der Waals surface area contributed by atoms with Gasteiger partial charge in [0, 0.05) is 25.8 Å². The van der Waals surface area contributed by atoms with Gasteiger partial charge in [-0.15, -0.1) is 0 Å². The fourth-order valence-electron chi connectivity index (χ4n) is 1.94. The highest BCUT2D eigenvalue weighted by molar-refractivity contribution is 5.51. The summed E-state index contributed by atoms with van der Waals surface area (Å²) in [6.45, 7) is 5.88. The molecule has 0 saturated heterocycles. The molecular weight excluding hydrogens is 238 g/mol. The van der Waals surface area contributed by atoms with E-state index >= 15 is 0 Å². The number of furan rings is 1. The summed E-state index contributed by atoms with van der Waals surface area (Å²) in [6, 6.07) is 6.42. The van der Waals surface area contributed by atoms with Crippen molar-refractivity contribution >= 4 is 5.69 Å². The SMILES string of the molecule is CC(C)NCc1ccncc1N(C)Cc1ccco1. The Labute approximate surface area is 114 Å². The van der Waals surface area contributed by atoms with E-state index in [1.165, 1.54) is 5.56 Å². The minimum Gasteiger partial charge on any atom is -0.467 e. The van der Waals surface area contributed by atoms with Crippen LogP contribution in [0.25, 0.3) is 0 Å². The number of nitrogens with one attached hydrogen (secondary N) is 1. The van der Waals surface area contributed by atoms with Gasteiger partial charge in [0.05, 0.1) is 24.7 Å². The fraction of sp³-hybridized carbons (Fsp3) is 0.400. The van der Waals surface area contributed by atoms with E-state index in [0.29, 0.717) is 6.04 Å². The number of hydrogen-bond donors (Lipinski definition) is 1. The van der Waals surface area contributed by atoms with E-state index < -0.39 is 0 Å². The third-order valence-corrected chi connectivity index (χ3v) is 2.97. The van der Waals surface area contributed by atoms with Gasteiger partial charge in [-0.2, -0.15) is 0 Å². The molecule has 0 unspecified atom stereocenters. The van der Waals surface area contributed by atoms with Crippen LogP contribution in [0.1, 0.15) is 25.2 Å². The van der Waals surface area contributed by atoms with Crippen LogP contribution in [0.15, 0.2) is 41.3 Å². The van der Waals surface area contributed by atoms with Gasteiger partial charge in [0.2, 0.25) is 0 Å². The predicted octanol–water partition coefficient (Wildman–Crippen LogP) is 2.81. The Kier molecular flexibility index (Phi) is 4.58. The van der Waals surface area contributed by atoms with E-state index in [0.717, 1.165) is 24.5 Å². The van der Waals surface area contributed by atoms with Crippen molar-refractivity contribution in [3.05, 3.63) is 48.2 Å². The van der Waals surface area contributed by atoms with Gasteiger partial charge < -0.3 is 14.6 Å². The van der Waals surface area contributed by atoms with Gasteiger partial charge >= 0.3 is 0 Å². The molecule has 2 heterocycles. The number of pyridine rings is 1. The van der Waals surface area contributed by atoms with Gasteiger partial charge in [-0.3, -0.25) is 4.98 Å². The Morgan fingerprint density at radius 3 is 2.89 bits per heavy atom. The zero-order chi connectivity index (χ0) is 13.7. The molecule has 0 atom stereocenters. The summed E-state index contributed by atoms with van der Waals surface area (Å²) >= 11 is 0. The van der Waals surface area contributed by atoms with Crippen molar-refractivity contribution in [1.29, 1.82) is 0 Å². The predicted molar refractivity (Wildman–Crippen MR) is 77.0 cm³/mol. The van der Waals surface area contributed by atoms with Gasteiger partial charge in [0.25, 0.3) is 0 Å². The first kappa shape index (κ1) is 13.6. The zero-order valence-electron chi connectivity index (χ0n) is 11.8. The van der Waals surface area contributed by atoms with E-state index in [1.54, 1.807) is 6.26 Å². The van der Waals surface area contributed by atoms with Gasteiger partial charge in [0.15, 0.2) is 0 Å². The largest absolute Gasteiger partial charge is 0.467 e. The van der Waals surface area contributed by atoms with Crippen molar-refractivity contribution in [2.24, 2.45) is 0 Å². The number of aromatic nitrogens is 1. The lowest BCUT2D eigenvalue weighted by Crippen LogP contribution is -2.24. The van der Waals surface area contributed by atoms with Crippen LogP contribution < -0.4 is 10.2 Å². The lowest BCUT2D eigenvalue weighted by molar-refractivity contribution is 0.507. The highest BCUT2D eigenvalue weighted by atomic mass is 16.3. The molecule has 0 aliphatic rings. The average molecular weight is 259 g/mol.